The molecule has 0 spiro atoms. The topological polar surface area (TPSA) is 40.2 Å². The molecule has 5 nitrogen and oxygen atoms in total. The molecule has 7 unspecified atom stereocenters. The predicted molar refractivity (Wildman–Crippen MR) is 81.3 cm³/mol. The Balaban J connectivity index is 1.64. The second kappa shape index (κ2) is 5.56. The minimum atomic E-state index is 0.0934. The van der Waals surface area contributed by atoms with E-state index < -0.39 is 0 Å². The van der Waals surface area contributed by atoms with Crippen molar-refractivity contribution < 1.29 is 18.9 Å². The fraction of sp³-hybridized carbons (Fsp3) is 0.882. The van der Waals surface area contributed by atoms with Crippen molar-refractivity contribution in [3.63, 3.8) is 0 Å². The summed E-state index contributed by atoms with van der Waals surface area (Å²) >= 11 is 0. The van der Waals surface area contributed by atoms with Crippen LogP contribution >= 0.6 is 0 Å². The van der Waals surface area contributed by atoms with Crippen LogP contribution in [0.4, 0.5) is 0 Å². The Bertz CT molecular complexity index is 456. The molecule has 0 aromatic rings. The highest BCUT2D eigenvalue weighted by Gasteiger charge is 2.58. The molecule has 3 saturated heterocycles. The SMILES string of the molecule is C=C(C)[C@@H]1CC2C(OC)C3CCC4OCOC4C3N(C)C2O1. The van der Waals surface area contributed by atoms with Crippen LogP contribution in [0.25, 0.3) is 0 Å². The van der Waals surface area contributed by atoms with E-state index in [9.17, 15) is 0 Å². The van der Waals surface area contributed by atoms with E-state index in [1.165, 1.54) is 0 Å². The first-order chi connectivity index (χ1) is 10.6. The van der Waals surface area contributed by atoms with E-state index in [0.29, 0.717) is 24.7 Å². The molecule has 0 bridgehead atoms. The molecule has 1 saturated carbocycles. The number of rotatable bonds is 2. The molecule has 0 aromatic carbocycles. The van der Waals surface area contributed by atoms with Crippen molar-refractivity contribution >= 4 is 0 Å². The van der Waals surface area contributed by atoms with Gasteiger partial charge in [0.25, 0.3) is 0 Å². The van der Waals surface area contributed by atoms with E-state index in [-0.39, 0.29) is 30.6 Å². The maximum atomic E-state index is 6.32. The van der Waals surface area contributed by atoms with Crippen molar-refractivity contribution in [2.45, 2.75) is 62.9 Å². The quantitative estimate of drug-likeness (QED) is 0.727. The molecule has 4 fully saturated rings. The highest BCUT2D eigenvalue weighted by molar-refractivity contribution is 5.11. The van der Waals surface area contributed by atoms with Gasteiger partial charge < -0.3 is 18.9 Å². The Hall–Kier alpha value is -0.460. The lowest BCUT2D eigenvalue weighted by atomic mass is 9.69. The molecular weight excluding hydrogens is 282 g/mol. The van der Waals surface area contributed by atoms with Gasteiger partial charge >= 0.3 is 0 Å². The average molecular weight is 309 g/mol. The normalized spacial score (nSPS) is 51.2. The number of hydrogen-bond donors (Lipinski definition) is 0. The Morgan fingerprint density at radius 1 is 1.23 bits per heavy atom. The lowest BCUT2D eigenvalue weighted by molar-refractivity contribution is -0.192. The second-order valence-electron chi connectivity index (χ2n) is 7.31. The fourth-order valence-corrected chi connectivity index (χ4v) is 5.17. The Kier molecular flexibility index (Phi) is 3.82. The van der Waals surface area contributed by atoms with Crippen LogP contribution in [-0.2, 0) is 18.9 Å². The number of fused-ring (bicyclic) bond motifs is 4. The van der Waals surface area contributed by atoms with Crippen molar-refractivity contribution in [2.24, 2.45) is 11.8 Å². The van der Waals surface area contributed by atoms with Gasteiger partial charge in [0.2, 0.25) is 0 Å². The third kappa shape index (κ3) is 2.10. The number of likely N-dealkylation sites (N-methyl/N-ethyl adjacent to an activating group) is 1. The smallest absolute Gasteiger partial charge is 0.147 e. The van der Waals surface area contributed by atoms with Crippen LogP contribution in [0.3, 0.4) is 0 Å². The van der Waals surface area contributed by atoms with E-state index in [1.807, 2.05) is 7.11 Å². The summed E-state index contributed by atoms with van der Waals surface area (Å²) in [7, 11) is 4.02. The molecule has 22 heavy (non-hydrogen) atoms. The van der Waals surface area contributed by atoms with Crippen molar-refractivity contribution in [2.75, 3.05) is 21.0 Å². The van der Waals surface area contributed by atoms with E-state index in [4.69, 9.17) is 18.9 Å². The zero-order valence-electron chi connectivity index (χ0n) is 13.7. The monoisotopic (exact) mass is 309 g/mol. The van der Waals surface area contributed by atoms with Crippen LogP contribution in [0.2, 0.25) is 0 Å². The van der Waals surface area contributed by atoms with Gasteiger partial charge in [0.15, 0.2) is 0 Å². The molecule has 0 amide bonds. The van der Waals surface area contributed by atoms with Crippen LogP contribution in [-0.4, -0.2) is 62.5 Å². The molecule has 5 heteroatoms. The summed E-state index contributed by atoms with van der Waals surface area (Å²) in [6.07, 6.45) is 4.08. The highest BCUT2D eigenvalue weighted by Crippen LogP contribution is 2.49. The van der Waals surface area contributed by atoms with Crippen LogP contribution in [0.5, 0.6) is 0 Å². The Morgan fingerprint density at radius 2 is 2.05 bits per heavy atom. The summed E-state index contributed by atoms with van der Waals surface area (Å²) in [5, 5.41) is 0. The molecule has 3 aliphatic heterocycles. The molecule has 8 atom stereocenters. The summed E-state index contributed by atoms with van der Waals surface area (Å²) in [4.78, 5) is 2.39. The summed E-state index contributed by atoms with van der Waals surface area (Å²) in [6, 6.07) is 0.316. The summed E-state index contributed by atoms with van der Waals surface area (Å²) in [5.74, 6) is 0.906. The molecule has 1 aliphatic carbocycles. The minimum absolute atomic E-state index is 0.0934. The second-order valence-corrected chi connectivity index (χ2v) is 7.31. The number of likely N-dealkylation sites (tertiary alicyclic amines) is 1. The van der Waals surface area contributed by atoms with Crippen LogP contribution in [0.1, 0.15) is 26.2 Å². The van der Waals surface area contributed by atoms with E-state index in [0.717, 1.165) is 24.8 Å². The third-order valence-corrected chi connectivity index (χ3v) is 6.16. The first kappa shape index (κ1) is 15.1. The molecule has 0 aromatic heterocycles. The molecule has 124 valence electrons. The van der Waals surface area contributed by atoms with Crippen molar-refractivity contribution in [3.8, 4) is 0 Å². The maximum absolute atomic E-state index is 6.32. The molecule has 0 radical (unpaired) electrons. The van der Waals surface area contributed by atoms with Gasteiger partial charge in [-0.1, -0.05) is 12.2 Å². The lowest BCUT2D eigenvalue weighted by Crippen LogP contribution is -2.65. The first-order valence-corrected chi connectivity index (χ1v) is 8.40. The van der Waals surface area contributed by atoms with Gasteiger partial charge in [0, 0.05) is 25.0 Å². The predicted octanol–water partition coefficient (Wildman–Crippen LogP) is 1.77. The van der Waals surface area contributed by atoms with Crippen LogP contribution < -0.4 is 0 Å². The van der Waals surface area contributed by atoms with Gasteiger partial charge in [-0.3, -0.25) is 4.90 Å². The lowest BCUT2D eigenvalue weighted by Gasteiger charge is -2.53. The number of piperidine rings is 1. The van der Waals surface area contributed by atoms with Crippen molar-refractivity contribution in [1.29, 1.82) is 0 Å². The fourth-order valence-electron chi connectivity index (χ4n) is 5.17. The third-order valence-electron chi connectivity index (χ3n) is 6.16. The Morgan fingerprint density at radius 3 is 2.77 bits per heavy atom. The average Bonchev–Trinajstić information content (AvgIpc) is 3.13. The molecular formula is C17H27NO4. The Labute approximate surface area is 132 Å². The van der Waals surface area contributed by atoms with Gasteiger partial charge in [0.1, 0.15) is 19.1 Å². The summed E-state index contributed by atoms with van der Waals surface area (Å²) < 4.78 is 24.0. The first-order valence-electron chi connectivity index (χ1n) is 8.40. The number of hydrogen-bond acceptors (Lipinski definition) is 5. The molecule has 0 N–H and O–H groups in total. The van der Waals surface area contributed by atoms with Crippen molar-refractivity contribution in [3.05, 3.63) is 12.2 Å². The van der Waals surface area contributed by atoms with E-state index in [2.05, 4.69) is 25.5 Å². The van der Waals surface area contributed by atoms with Gasteiger partial charge in [-0.25, -0.2) is 0 Å². The zero-order chi connectivity index (χ0) is 15.4. The van der Waals surface area contributed by atoms with Gasteiger partial charge in [-0.05, 0) is 33.2 Å². The largest absolute Gasteiger partial charge is 0.381 e. The summed E-state index contributed by atoms with van der Waals surface area (Å²) in [5.41, 5.74) is 1.11. The van der Waals surface area contributed by atoms with E-state index >= 15 is 0 Å². The molecule has 4 rings (SSSR count). The number of ether oxygens (including phenoxy) is 4. The zero-order valence-corrected chi connectivity index (χ0v) is 13.7. The number of methoxy groups -OCH3 is 1. The highest BCUT2D eigenvalue weighted by atomic mass is 16.7. The van der Waals surface area contributed by atoms with E-state index in [1.54, 1.807) is 0 Å². The van der Waals surface area contributed by atoms with Crippen LogP contribution in [0, 0.1) is 11.8 Å². The van der Waals surface area contributed by atoms with Gasteiger partial charge in [-0.15, -0.1) is 0 Å². The van der Waals surface area contributed by atoms with Crippen LogP contribution in [0.15, 0.2) is 12.2 Å². The van der Waals surface area contributed by atoms with Gasteiger partial charge in [0.05, 0.1) is 18.3 Å². The molecule has 4 aliphatic rings. The van der Waals surface area contributed by atoms with Gasteiger partial charge in [-0.2, -0.15) is 0 Å². The standard InChI is InChI=1S/C17H27NO4/c1-9(2)13-7-11-15(19-4)10-5-6-12-16(21-8-20-12)14(10)18(3)17(11)22-13/h10-17H,1,5-8H2,2-4H3/t10?,11?,12?,13-,14?,15?,16?,17?/m0/s1. The minimum Gasteiger partial charge on any atom is -0.381 e. The summed E-state index contributed by atoms with van der Waals surface area (Å²) in [6.45, 7) is 6.57. The number of nitrogens with zero attached hydrogens (tertiary/aromatic N) is 1. The maximum Gasteiger partial charge on any atom is 0.147 e. The molecule has 3 heterocycles. The van der Waals surface area contributed by atoms with Crippen molar-refractivity contribution in [1.82, 2.24) is 4.90 Å².